The zero-order chi connectivity index (χ0) is 34.1. The van der Waals surface area contributed by atoms with Crippen LogP contribution in [0, 0.1) is 5.92 Å². The van der Waals surface area contributed by atoms with Crippen LogP contribution >= 0.6 is 0 Å². The molecular formula is C37H61N3O8. The number of rotatable bonds is 25. The highest BCUT2D eigenvalue weighted by molar-refractivity contribution is 5.87. The topological polar surface area (TPSA) is 99.2 Å². The minimum absolute atomic E-state index is 0.0322. The third-order valence-electron chi connectivity index (χ3n) is 10.4. The largest absolute Gasteiger partial charge is 0.382 e. The molecule has 2 saturated carbocycles. The van der Waals surface area contributed by atoms with Crippen molar-refractivity contribution >= 4 is 11.8 Å². The van der Waals surface area contributed by atoms with Crippen molar-refractivity contribution < 1.29 is 38.0 Å². The van der Waals surface area contributed by atoms with Gasteiger partial charge in [0.25, 0.3) is 0 Å². The molecule has 11 nitrogen and oxygen atoms in total. The van der Waals surface area contributed by atoms with Gasteiger partial charge in [0.1, 0.15) is 0 Å². The third-order valence-corrected chi connectivity index (χ3v) is 10.4. The van der Waals surface area contributed by atoms with Crippen molar-refractivity contribution in [1.29, 1.82) is 0 Å². The number of ketones is 1. The van der Waals surface area contributed by atoms with Crippen LogP contribution in [0.5, 0.6) is 0 Å². The first-order chi connectivity index (χ1) is 23.4. The highest BCUT2D eigenvalue weighted by Crippen LogP contribution is 2.49. The number of ether oxygens (including phenoxy) is 6. The Hall–Kier alpha value is -2.12. The van der Waals surface area contributed by atoms with Crippen LogP contribution in [-0.2, 0) is 38.8 Å². The van der Waals surface area contributed by atoms with E-state index in [1.807, 2.05) is 4.90 Å². The number of hydrogen-bond acceptors (Lipinski definition) is 9. The molecule has 2 aliphatic carbocycles. The van der Waals surface area contributed by atoms with Crippen molar-refractivity contribution in [2.45, 2.75) is 68.9 Å². The zero-order valence-electron chi connectivity index (χ0n) is 29.8. The molecule has 2 amide bonds. The summed E-state index contributed by atoms with van der Waals surface area (Å²) in [5.41, 5.74) is 1.13. The Morgan fingerprint density at radius 1 is 0.792 bits per heavy atom. The lowest BCUT2D eigenvalue weighted by Gasteiger charge is -2.51. The Morgan fingerprint density at radius 3 is 1.83 bits per heavy atom. The Bertz CT molecular complexity index is 1060. The number of Topliss-reactive ketones (excluding diaryl/α,β-unsaturated/α-hetero) is 1. The van der Waals surface area contributed by atoms with Gasteiger partial charge in [-0.05, 0) is 70.5 Å². The van der Waals surface area contributed by atoms with Crippen molar-refractivity contribution in [3.05, 3.63) is 35.9 Å². The maximum Gasteiger partial charge on any atom is 0.321 e. The second-order valence-corrected chi connectivity index (χ2v) is 13.8. The predicted molar refractivity (Wildman–Crippen MR) is 184 cm³/mol. The lowest BCUT2D eigenvalue weighted by Crippen LogP contribution is -2.56. The van der Waals surface area contributed by atoms with E-state index in [9.17, 15) is 9.59 Å². The van der Waals surface area contributed by atoms with Gasteiger partial charge in [0.05, 0.1) is 78.2 Å². The number of methoxy groups -OCH3 is 1. The van der Waals surface area contributed by atoms with Crippen LogP contribution in [-0.4, -0.2) is 146 Å². The van der Waals surface area contributed by atoms with Gasteiger partial charge in [-0.25, -0.2) is 4.79 Å². The van der Waals surface area contributed by atoms with Gasteiger partial charge in [-0.1, -0.05) is 36.8 Å². The van der Waals surface area contributed by atoms with Crippen molar-refractivity contribution in [3.63, 3.8) is 0 Å². The van der Waals surface area contributed by atoms with Gasteiger partial charge in [0.15, 0.2) is 5.78 Å². The molecule has 0 atom stereocenters. The maximum atomic E-state index is 13.8. The fourth-order valence-electron chi connectivity index (χ4n) is 7.30. The molecule has 0 aromatic heterocycles. The summed E-state index contributed by atoms with van der Waals surface area (Å²) < 4.78 is 32.4. The van der Waals surface area contributed by atoms with Gasteiger partial charge in [-0.3, -0.25) is 9.69 Å². The first-order valence-corrected chi connectivity index (χ1v) is 18.1. The molecule has 0 bridgehead atoms. The van der Waals surface area contributed by atoms with E-state index in [0.29, 0.717) is 98.0 Å². The first kappa shape index (κ1) is 38.7. The van der Waals surface area contributed by atoms with E-state index >= 15 is 0 Å². The molecule has 0 N–H and O–H groups in total. The van der Waals surface area contributed by atoms with Crippen LogP contribution < -0.4 is 0 Å². The Morgan fingerprint density at radius 2 is 1.33 bits per heavy atom. The molecule has 0 radical (unpaired) electrons. The SMILES string of the molecule is COCCOCCOCCOCCOCCOCCCC(=O)CN1CC2(CCC(c3ccccc3)(N(C)C)CC2)N(CC2CCC2)C1=O. The Balaban J connectivity index is 1.10. The van der Waals surface area contributed by atoms with Crippen molar-refractivity contribution in [1.82, 2.24) is 14.7 Å². The van der Waals surface area contributed by atoms with E-state index in [1.165, 1.54) is 24.8 Å². The molecule has 4 rings (SSSR count). The molecule has 3 fully saturated rings. The Labute approximate surface area is 288 Å². The molecule has 11 heteroatoms. The predicted octanol–water partition coefficient (Wildman–Crippen LogP) is 4.37. The van der Waals surface area contributed by atoms with Crippen LogP contribution in [0.15, 0.2) is 30.3 Å². The van der Waals surface area contributed by atoms with E-state index < -0.39 is 0 Å². The standard InChI is InChI=1S/C37H61N3O8/c1-38(2)37(33-11-5-4-6-12-33)16-14-36(15-17-37)31-39(35(42)40(36)29-32-9-7-10-32)30-34(41)13-8-18-44-21-22-46-25-26-48-28-27-47-24-23-45-20-19-43-3/h4-6,11-12,32H,7-10,13-31H2,1-3H3. The number of hydrogen-bond donors (Lipinski definition) is 0. The smallest absolute Gasteiger partial charge is 0.321 e. The second kappa shape index (κ2) is 20.5. The van der Waals surface area contributed by atoms with Crippen LogP contribution in [0.3, 0.4) is 0 Å². The maximum absolute atomic E-state index is 13.8. The van der Waals surface area contributed by atoms with Gasteiger partial charge in [-0.2, -0.15) is 0 Å². The van der Waals surface area contributed by atoms with Gasteiger partial charge in [0, 0.05) is 38.8 Å². The van der Waals surface area contributed by atoms with Crippen LogP contribution in [0.4, 0.5) is 4.79 Å². The molecule has 48 heavy (non-hydrogen) atoms. The molecular weight excluding hydrogens is 614 g/mol. The minimum atomic E-state index is -0.192. The van der Waals surface area contributed by atoms with Crippen molar-refractivity contribution in [3.8, 4) is 0 Å². The lowest BCUT2D eigenvalue weighted by atomic mass is 9.68. The summed E-state index contributed by atoms with van der Waals surface area (Å²) >= 11 is 0. The summed E-state index contributed by atoms with van der Waals surface area (Å²) in [6.45, 7) is 7.39. The van der Waals surface area contributed by atoms with E-state index in [0.717, 1.165) is 32.2 Å². The monoisotopic (exact) mass is 675 g/mol. The van der Waals surface area contributed by atoms with E-state index in [1.54, 1.807) is 7.11 Å². The van der Waals surface area contributed by atoms with Gasteiger partial charge in [0.2, 0.25) is 0 Å². The average Bonchev–Trinajstić information content (AvgIpc) is 3.31. The number of urea groups is 1. The highest BCUT2D eigenvalue weighted by atomic mass is 16.6. The molecule has 1 heterocycles. The number of nitrogens with zero attached hydrogens (tertiary/aromatic N) is 3. The van der Waals surface area contributed by atoms with Crippen molar-refractivity contribution in [2.24, 2.45) is 5.92 Å². The zero-order valence-corrected chi connectivity index (χ0v) is 29.8. The van der Waals surface area contributed by atoms with Crippen LogP contribution in [0.2, 0.25) is 0 Å². The number of benzene rings is 1. The fraction of sp³-hybridized carbons (Fsp3) is 0.784. The van der Waals surface area contributed by atoms with Gasteiger partial charge < -0.3 is 38.2 Å². The van der Waals surface area contributed by atoms with Crippen LogP contribution in [0.1, 0.15) is 63.4 Å². The molecule has 272 valence electrons. The minimum Gasteiger partial charge on any atom is -0.382 e. The molecule has 0 unspecified atom stereocenters. The molecule has 1 aromatic rings. The molecule has 1 aliphatic heterocycles. The lowest BCUT2D eigenvalue weighted by molar-refractivity contribution is -0.120. The quantitative estimate of drug-likeness (QED) is 0.140. The molecule has 1 saturated heterocycles. The Kier molecular flexibility index (Phi) is 16.5. The first-order valence-electron chi connectivity index (χ1n) is 18.1. The van der Waals surface area contributed by atoms with E-state index in [2.05, 4.69) is 54.2 Å². The van der Waals surface area contributed by atoms with Crippen LogP contribution in [0.25, 0.3) is 0 Å². The van der Waals surface area contributed by atoms with Gasteiger partial charge in [-0.15, -0.1) is 0 Å². The number of amides is 2. The van der Waals surface area contributed by atoms with E-state index in [-0.39, 0.29) is 29.4 Å². The number of carbonyl (C=O) groups excluding carboxylic acids is 2. The number of carbonyl (C=O) groups is 2. The van der Waals surface area contributed by atoms with Crippen molar-refractivity contribution in [2.75, 3.05) is 114 Å². The van der Waals surface area contributed by atoms with E-state index in [4.69, 9.17) is 28.4 Å². The normalized spacial score (nSPS) is 23.0. The second-order valence-electron chi connectivity index (χ2n) is 13.8. The third kappa shape index (κ3) is 11.2. The summed E-state index contributed by atoms with van der Waals surface area (Å²) in [7, 11) is 6.00. The average molecular weight is 676 g/mol. The summed E-state index contributed by atoms with van der Waals surface area (Å²) in [4.78, 5) is 33.2. The summed E-state index contributed by atoms with van der Waals surface area (Å²) in [5.74, 6) is 0.693. The molecule has 1 spiro atoms. The summed E-state index contributed by atoms with van der Waals surface area (Å²) in [6.07, 6.45) is 8.60. The highest BCUT2D eigenvalue weighted by Gasteiger charge is 2.55. The summed E-state index contributed by atoms with van der Waals surface area (Å²) in [6, 6.07) is 10.9. The molecule has 3 aliphatic rings. The summed E-state index contributed by atoms with van der Waals surface area (Å²) in [5, 5.41) is 0. The fourth-order valence-corrected chi connectivity index (χ4v) is 7.30. The molecule has 1 aromatic carbocycles. The van der Waals surface area contributed by atoms with Gasteiger partial charge >= 0.3 is 6.03 Å².